The Morgan fingerprint density at radius 1 is 1.00 bits per heavy atom. The number of carbonyl (C=O) groups is 1. The zero-order valence-electron chi connectivity index (χ0n) is 26.3. The summed E-state index contributed by atoms with van der Waals surface area (Å²) in [5.41, 5.74) is 5.71. The smallest absolute Gasteiger partial charge is 0.261 e. The first kappa shape index (κ1) is 29.5. The lowest BCUT2D eigenvalue weighted by Gasteiger charge is -2.34. The molecule has 0 radical (unpaired) electrons. The number of carbonyl (C=O) groups excluding carboxylic acids is 1. The molecule has 1 aliphatic carbocycles. The Morgan fingerprint density at radius 3 is 2.64 bits per heavy atom. The first-order chi connectivity index (χ1) is 21.9. The number of anilines is 2. The monoisotopic (exact) mass is 608 g/mol. The molecule has 3 heterocycles. The summed E-state index contributed by atoms with van der Waals surface area (Å²) in [4.78, 5) is 36.2. The van der Waals surface area contributed by atoms with Crippen LogP contribution in [0.4, 0.5) is 11.4 Å². The van der Waals surface area contributed by atoms with Crippen molar-refractivity contribution in [3.63, 3.8) is 0 Å². The molecule has 0 unspecified atom stereocenters. The highest BCUT2D eigenvalue weighted by Crippen LogP contribution is 2.57. The summed E-state index contributed by atoms with van der Waals surface area (Å²) in [5, 5.41) is 0.608. The lowest BCUT2D eigenvalue weighted by molar-refractivity contribution is -0.119. The van der Waals surface area contributed by atoms with E-state index in [-0.39, 0.29) is 23.0 Å². The number of morpholine rings is 1. The zero-order chi connectivity index (χ0) is 31.1. The average molecular weight is 609 g/mol. The van der Waals surface area contributed by atoms with Crippen LogP contribution in [-0.4, -0.2) is 69.1 Å². The number of fused-ring (bicyclic) bond motifs is 3. The standard InChI is InChI=1S/C36H40N4O5/c1-38-31-20-24(8-12-29(31)36(15-16-36)35(38)42)14-17-40-33(13-9-25-6-4-5-7-32(25)44-3)37-30-21-26(10-11-28(30)34(40)41)39-18-19-45-27(22-39)23-43-2/h4-8,10-12,20-21,27H,9,13-19,22-23H2,1-3H3/t27-/m1/s1. The van der Waals surface area contributed by atoms with Crippen molar-refractivity contribution < 1.29 is 19.0 Å². The summed E-state index contributed by atoms with van der Waals surface area (Å²) < 4.78 is 18.6. The van der Waals surface area contributed by atoms with Crippen molar-refractivity contribution in [1.29, 1.82) is 0 Å². The molecular formula is C36H40N4O5. The second kappa shape index (κ2) is 11.9. The van der Waals surface area contributed by atoms with E-state index in [2.05, 4.69) is 29.2 Å². The highest BCUT2D eigenvalue weighted by atomic mass is 16.5. The van der Waals surface area contributed by atoms with Crippen molar-refractivity contribution in [3.8, 4) is 5.75 Å². The normalized spacial score (nSPS) is 18.6. The quantitative estimate of drug-likeness (QED) is 0.266. The Hall–Kier alpha value is -4.21. The number of aryl methyl sites for hydroxylation is 3. The van der Waals surface area contributed by atoms with Gasteiger partial charge < -0.3 is 24.0 Å². The van der Waals surface area contributed by atoms with Gasteiger partial charge in [-0.2, -0.15) is 0 Å². The minimum atomic E-state index is -0.293. The van der Waals surface area contributed by atoms with Gasteiger partial charge in [0.15, 0.2) is 0 Å². The van der Waals surface area contributed by atoms with Gasteiger partial charge in [0, 0.05) is 51.6 Å². The van der Waals surface area contributed by atoms with Crippen LogP contribution in [0.5, 0.6) is 5.75 Å². The van der Waals surface area contributed by atoms with E-state index in [9.17, 15) is 9.59 Å². The molecule has 234 valence electrons. The minimum absolute atomic E-state index is 0.00348. The van der Waals surface area contributed by atoms with Crippen molar-refractivity contribution >= 4 is 28.2 Å². The zero-order valence-corrected chi connectivity index (χ0v) is 26.3. The number of para-hydroxylation sites is 1. The van der Waals surface area contributed by atoms with Gasteiger partial charge in [0.2, 0.25) is 5.91 Å². The first-order valence-electron chi connectivity index (χ1n) is 15.8. The number of hydrogen-bond acceptors (Lipinski definition) is 7. The van der Waals surface area contributed by atoms with E-state index in [0.29, 0.717) is 49.9 Å². The lowest BCUT2D eigenvalue weighted by Crippen LogP contribution is -2.44. The molecule has 1 atom stereocenters. The molecular weight excluding hydrogens is 568 g/mol. The Bertz CT molecular complexity index is 1810. The van der Waals surface area contributed by atoms with E-state index in [0.717, 1.165) is 65.6 Å². The van der Waals surface area contributed by atoms with Gasteiger partial charge in [0.25, 0.3) is 5.56 Å². The van der Waals surface area contributed by atoms with Crippen LogP contribution in [0.3, 0.4) is 0 Å². The predicted octanol–water partition coefficient (Wildman–Crippen LogP) is 4.29. The molecule has 1 spiro atoms. The highest BCUT2D eigenvalue weighted by Gasteiger charge is 2.58. The molecule has 0 N–H and O–H groups in total. The van der Waals surface area contributed by atoms with Crippen molar-refractivity contribution in [1.82, 2.24) is 9.55 Å². The maximum Gasteiger partial charge on any atom is 0.261 e. The SMILES string of the molecule is COC[C@H]1CN(c2ccc3c(=O)n(CCc4ccc5c(c4)N(C)C(=O)C54CC4)c(CCc4ccccc4OC)nc3c2)CCO1. The number of ether oxygens (including phenoxy) is 3. The number of nitrogens with zero attached hydrogens (tertiary/aromatic N) is 4. The van der Waals surface area contributed by atoms with E-state index in [1.807, 2.05) is 48.0 Å². The second-order valence-corrected chi connectivity index (χ2v) is 12.4. The fourth-order valence-electron chi connectivity index (χ4n) is 7.08. The molecule has 1 aromatic heterocycles. The van der Waals surface area contributed by atoms with Gasteiger partial charge in [-0.15, -0.1) is 0 Å². The summed E-state index contributed by atoms with van der Waals surface area (Å²) in [6.45, 7) is 3.15. The third kappa shape index (κ3) is 5.38. The number of benzene rings is 3. The predicted molar refractivity (Wildman–Crippen MR) is 175 cm³/mol. The summed E-state index contributed by atoms with van der Waals surface area (Å²) >= 11 is 0. The number of hydrogen-bond donors (Lipinski definition) is 0. The van der Waals surface area contributed by atoms with Gasteiger partial charge in [-0.1, -0.05) is 30.3 Å². The second-order valence-electron chi connectivity index (χ2n) is 12.4. The van der Waals surface area contributed by atoms with Gasteiger partial charge in [-0.25, -0.2) is 4.98 Å². The van der Waals surface area contributed by atoms with Crippen LogP contribution in [0, 0.1) is 0 Å². The van der Waals surface area contributed by atoms with Crippen LogP contribution >= 0.6 is 0 Å². The number of aromatic nitrogens is 2. The minimum Gasteiger partial charge on any atom is -0.496 e. The molecule has 2 fully saturated rings. The fraction of sp³-hybridized carbons (Fsp3) is 0.417. The number of rotatable bonds is 10. The molecule has 0 bridgehead atoms. The topological polar surface area (TPSA) is 86.1 Å². The van der Waals surface area contributed by atoms with E-state index in [1.54, 1.807) is 19.1 Å². The third-order valence-corrected chi connectivity index (χ3v) is 9.71. The molecule has 2 aliphatic heterocycles. The first-order valence-corrected chi connectivity index (χ1v) is 15.8. The maximum absolute atomic E-state index is 14.1. The summed E-state index contributed by atoms with van der Waals surface area (Å²) in [6.07, 6.45) is 3.80. The Morgan fingerprint density at radius 2 is 1.84 bits per heavy atom. The molecule has 3 aliphatic rings. The van der Waals surface area contributed by atoms with Gasteiger partial charge in [-0.05, 0) is 72.7 Å². The molecule has 1 saturated carbocycles. The third-order valence-electron chi connectivity index (χ3n) is 9.71. The molecule has 1 saturated heterocycles. The van der Waals surface area contributed by atoms with Crippen LogP contribution in [-0.2, 0) is 45.5 Å². The summed E-state index contributed by atoms with van der Waals surface area (Å²) in [6, 6.07) is 20.3. The summed E-state index contributed by atoms with van der Waals surface area (Å²) in [7, 11) is 5.24. The van der Waals surface area contributed by atoms with Gasteiger partial charge in [0.05, 0.1) is 42.7 Å². The van der Waals surface area contributed by atoms with Gasteiger partial charge in [-0.3, -0.25) is 14.2 Å². The molecule has 9 nitrogen and oxygen atoms in total. The van der Waals surface area contributed by atoms with Crippen molar-refractivity contribution in [2.45, 2.75) is 50.2 Å². The highest BCUT2D eigenvalue weighted by molar-refractivity contribution is 6.09. The van der Waals surface area contributed by atoms with Crippen LogP contribution < -0.4 is 20.1 Å². The van der Waals surface area contributed by atoms with Gasteiger partial charge >= 0.3 is 0 Å². The van der Waals surface area contributed by atoms with Crippen LogP contribution in [0.1, 0.15) is 35.4 Å². The summed E-state index contributed by atoms with van der Waals surface area (Å²) in [5.74, 6) is 1.78. The van der Waals surface area contributed by atoms with Crippen molar-refractivity contribution in [3.05, 3.63) is 93.5 Å². The Kier molecular flexibility index (Phi) is 7.83. The average Bonchev–Trinajstić information content (AvgIpc) is 3.85. The molecule has 4 aromatic rings. The van der Waals surface area contributed by atoms with Crippen molar-refractivity contribution in [2.75, 3.05) is 57.4 Å². The maximum atomic E-state index is 14.1. The number of likely N-dealkylation sites (N-methyl/N-ethyl adjacent to an activating group) is 1. The van der Waals surface area contributed by atoms with Crippen LogP contribution in [0.2, 0.25) is 0 Å². The Labute approximate surface area is 263 Å². The molecule has 3 aromatic carbocycles. The lowest BCUT2D eigenvalue weighted by atomic mass is 9.96. The number of amides is 1. The molecule has 45 heavy (non-hydrogen) atoms. The Balaban J connectivity index is 1.21. The fourth-order valence-corrected chi connectivity index (χ4v) is 7.08. The van der Waals surface area contributed by atoms with Crippen molar-refractivity contribution in [2.24, 2.45) is 0 Å². The van der Waals surface area contributed by atoms with E-state index >= 15 is 0 Å². The van der Waals surface area contributed by atoms with Gasteiger partial charge in [0.1, 0.15) is 11.6 Å². The van der Waals surface area contributed by atoms with Crippen LogP contribution in [0.15, 0.2) is 65.5 Å². The number of methoxy groups -OCH3 is 2. The van der Waals surface area contributed by atoms with E-state index in [1.165, 1.54) is 0 Å². The van der Waals surface area contributed by atoms with Crippen LogP contribution in [0.25, 0.3) is 10.9 Å². The molecule has 1 amide bonds. The molecule has 7 rings (SSSR count). The van der Waals surface area contributed by atoms with E-state index < -0.39 is 0 Å². The largest absolute Gasteiger partial charge is 0.496 e. The van der Waals surface area contributed by atoms with E-state index in [4.69, 9.17) is 19.2 Å². The molecule has 9 heteroatoms.